The summed E-state index contributed by atoms with van der Waals surface area (Å²) in [4.78, 5) is 18.7. The lowest BCUT2D eigenvalue weighted by Gasteiger charge is -2.54. The second-order valence-corrected chi connectivity index (χ2v) is 29.1. The Morgan fingerprint density at radius 2 is 0.740 bits per heavy atom. The highest BCUT2D eigenvalue weighted by atomic mass is 17.2. The molecule has 2 aliphatic heterocycles. The van der Waals surface area contributed by atoms with Gasteiger partial charge in [-0.25, -0.2) is 9.78 Å². The van der Waals surface area contributed by atoms with E-state index in [0.717, 1.165) is 19.5 Å². The van der Waals surface area contributed by atoms with E-state index in [1.807, 2.05) is 0 Å². The van der Waals surface area contributed by atoms with E-state index in [9.17, 15) is 0 Å². The summed E-state index contributed by atoms with van der Waals surface area (Å²) in [5.41, 5.74) is 14.4. The molecule has 1 fully saturated rings. The highest BCUT2D eigenvalue weighted by Crippen LogP contribution is 2.94. The first kappa shape index (κ1) is 30.5. The molecule has 35 rings (SSSR count). The molecule has 0 aromatic heterocycles. The minimum atomic E-state index is -1.03. The van der Waals surface area contributed by atoms with Gasteiger partial charge in [-0.05, 0) is 308 Å². The predicted molar refractivity (Wildman–Crippen MR) is 310 cm³/mol. The maximum absolute atomic E-state index is 8.70. The predicted octanol–water partition coefficient (Wildman–Crippen LogP) is 17.4. The van der Waals surface area contributed by atoms with Crippen molar-refractivity contribution in [2.45, 2.75) is 61.7 Å². The van der Waals surface area contributed by atoms with Gasteiger partial charge in [-0.15, -0.1) is 0 Å². The molecule has 77 heavy (non-hydrogen) atoms. The van der Waals surface area contributed by atoms with Gasteiger partial charge in [-0.3, -0.25) is 4.90 Å². The molecular formula is C73H19NO3. The number of benzene rings is 17. The molecule has 334 valence electrons. The fourth-order valence-electron chi connectivity index (χ4n) is 26.8. The van der Waals surface area contributed by atoms with Crippen LogP contribution in [0.4, 0.5) is 0 Å². The lowest BCUT2D eigenvalue weighted by molar-refractivity contribution is -0.392. The van der Waals surface area contributed by atoms with Crippen LogP contribution < -0.4 is 0 Å². The van der Waals surface area contributed by atoms with Crippen molar-refractivity contribution in [3.05, 3.63) is 85.5 Å². The van der Waals surface area contributed by atoms with Crippen molar-refractivity contribution in [1.82, 2.24) is 4.90 Å². The summed E-state index contributed by atoms with van der Waals surface area (Å²) in [6.07, 6.45) is 1.03. The third kappa shape index (κ3) is 1.71. The lowest BCUT2D eigenvalue weighted by Crippen LogP contribution is -2.56. The van der Waals surface area contributed by atoms with Crippen LogP contribution in [0.5, 0.6) is 0 Å². The number of nitrogens with zero attached hydrogens (tertiary/aromatic N) is 1. The normalized spacial score (nSPS) is 27.4. The van der Waals surface area contributed by atoms with Gasteiger partial charge in [-0.1, -0.05) is 24.3 Å². The van der Waals surface area contributed by atoms with Crippen molar-refractivity contribution < 1.29 is 14.5 Å². The Hall–Kier alpha value is -8.22. The fourth-order valence-corrected chi connectivity index (χ4v) is 26.8. The molecule has 0 N–H and O–H groups in total. The molecule has 25 aromatic rings. The molecule has 0 saturated carbocycles. The number of fused-ring (bicyclic) bond motifs is 1. The first-order chi connectivity index (χ1) is 38.0. The van der Waals surface area contributed by atoms with E-state index in [1.54, 1.807) is 248 Å². The van der Waals surface area contributed by atoms with Crippen LogP contribution in [0.1, 0.15) is 76.4 Å². The molecule has 8 aliphatic carbocycles. The fraction of sp³-hybridized carbons (Fsp3) is 0.151. The SMILES string of the molecule is CC(C)(C)OO[C@]12C3=C4c5c6c7c8c9c%10c%11c(c1c1c%12c2c2c%13c%14c(c%15c5c5c7c7c8c8c%10c%10c%16c%11c1c1c%11c%12c%13c%12c%13c%14c%14c%15c5c5c7c7c8c%10c8c(c1%16)c(c%11%12)c1c%13c%14c5c7c18)[C@@]42N1CCc2ccccc2C1)[C@]91O[C@]361. The number of ether oxygens (including phenoxy) is 1. The Kier molecular flexibility index (Phi) is 2.75. The quantitative estimate of drug-likeness (QED) is 0.0765. The van der Waals surface area contributed by atoms with Gasteiger partial charge < -0.3 is 4.74 Å². The average molecular weight is 958 g/mol. The third-order valence-corrected chi connectivity index (χ3v) is 27.1. The van der Waals surface area contributed by atoms with Crippen molar-refractivity contribution in [3.63, 3.8) is 0 Å². The van der Waals surface area contributed by atoms with Crippen molar-refractivity contribution >= 4 is 253 Å². The first-order valence-corrected chi connectivity index (χ1v) is 28.9. The van der Waals surface area contributed by atoms with Crippen LogP contribution in [0.2, 0.25) is 0 Å². The standard InChI is InChI=1S/C73H19NO3/c1-69(2,3)76-77-71-64-56-46-32-27-17-15-13-14-19-23-26-20(14)25-22-16(13)18(17)28-33(32)47-48-34(28)30(22)42-37(25)43-38(26)44-39-35(23)40-36-24(19)21(15)29-31(27)45(46)55-51(41(29)36)60-50(40)49(39)59-62-53(44)52(43)61-54(42)58(48)66(65(71)57(47)56)72(61)73(62,75-72)68(71)67(59)70(60,63(55)64)74-9-8-11-6-4-5-7-12(11)10-74/h4-7H,8-10H2,1-3H3/t70-,71-,72+,73-/m0/s1. The van der Waals surface area contributed by atoms with Gasteiger partial charge >= 0.3 is 0 Å². The minimum Gasteiger partial charge on any atom is -0.342 e. The second kappa shape index (κ2) is 6.93. The zero-order valence-electron chi connectivity index (χ0n) is 40.6. The van der Waals surface area contributed by atoms with Gasteiger partial charge in [0.1, 0.15) is 5.54 Å². The van der Waals surface area contributed by atoms with Crippen molar-refractivity contribution in [2.24, 2.45) is 0 Å². The van der Waals surface area contributed by atoms with Crippen molar-refractivity contribution in [1.29, 1.82) is 0 Å². The van der Waals surface area contributed by atoms with E-state index >= 15 is 0 Å². The summed E-state index contributed by atoms with van der Waals surface area (Å²) in [6.45, 7) is 8.53. The van der Waals surface area contributed by atoms with E-state index in [0.29, 0.717) is 0 Å². The smallest absolute Gasteiger partial charge is 0.181 e. The Balaban J connectivity index is 1.07. The van der Waals surface area contributed by atoms with Gasteiger partial charge in [-0.2, -0.15) is 0 Å². The minimum absolute atomic E-state index is 0.576. The number of hydrogen-bond donors (Lipinski definition) is 0. The summed E-state index contributed by atoms with van der Waals surface area (Å²) < 4.78 is 8.70. The van der Waals surface area contributed by atoms with Crippen LogP contribution in [0, 0.1) is 0 Å². The summed E-state index contributed by atoms with van der Waals surface area (Å²) in [5, 5.41) is 73.1. The second-order valence-electron chi connectivity index (χ2n) is 29.1. The van der Waals surface area contributed by atoms with Gasteiger partial charge in [0.05, 0.1) is 5.60 Å². The highest BCUT2D eigenvalue weighted by Gasteiger charge is 2.91. The summed E-state index contributed by atoms with van der Waals surface area (Å²) >= 11 is 0. The topological polar surface area (TPSA) is 34.2 Å². The maximum atomic E-state index is 8.70. The molecule has 4 heteroatoms. The molecular weight excluding hydrogens is 939 g/mol. The highest BCUT2D eigenvalue weighted by molar-refractivity contribution is 6.79. The Bertz CT molecular complexity index is 7630. The van der Waals surface area contributed by atoms with E-state index in [4.69, 9.17) is 14.5 Å². The molecule has 2 heterocycles. The maximum Gasteiger partial charge on any atom is 0.181 e. The molecule has 4 atom stereocenters. The largest absolute Gasteiger partial charge is 0.342 e. The molecule has 0 radical (unpaired) electrons. The van der Waals surface area contributed by atoms with E-state index < -0.39 is 27.9 Å². The summed E-state index contributed by atoms with van der Waals surface area (Å²) in [6, 6.07) is 9.49. The first-order valence-electron chi connectivity index (χ1n) is 28.9. The Morgan fingerprint density at radius 3 is 1.22 bits per heavy atom. The molecule has 0 unspecified atom stereocenters. The molecule has 0 amide bonds. The molecule has 25 aromatic carbocycles. The van der Waals surface area contributed by atoms with Crippen LogP contribution >= 0.6 is 0 Å². The molecule has 4 nitrogen and oxygen atoms in total. The van der Waals surface area contributed by atoms with E-state index in [1.165, 1.54) is 66.1 Å². The van der Waals surface area contributed by atoms with Gasteiger partial charge in [0.15, 0.2) is 16.8 Å². The van der Waals surface area contributed by atoms with E-state index in [-0.39, 0.29) is 0 Å². The van der Waals surface area contributed by atoms with Crippen molar-refractivity contribution in [3.8, 4) is 0 Å². The van der Waals surface area contributed by atoms with Crippen LogP contribution in [0.25, 0.3) is 253 Å². The molecule has 0 bridgehead atoms. The van der Waals surface area contributed by atoms with E-state index in [2.05, 4.69) is 49.9 Å². The number of hydrogen-bond acceptors (Lipinski definition) is 4. The Morgan fingerprint density at radius 1 is 0.377 bits per heavy atom. The molecule has 10 aliphatic rings. The Labute approximate surface area is 424 Å². The van der Waals surface area contributed by atoms with Gasteiger partial charge in [0, 0.05) is 46.5 Å². The zero-order chi connectivity index (χ0) is 46.6. The number of epoxide rings is 1. The zero-order valence-corrected chi connectivity index (χ0v) is 40.6. The van der Waals surface area contributed by atoms with Crippen LogP contribution in [-0.4, -0.2) is 17.0 Å². The third-order valence-electron chi connectivity index (χ3n) is 27.1. The number of rotatable bonds is 3. The average Bonchev–Trinajstić information content (AvgIpc) is 2.08. The van der Waals surface area contributed by atoms with Crippen LogP contribution in [0.3, 0.4) is 0 Å². The summed E-state index contributed by atoms with van der Waals surface area (Å²) in [7, 11) is 0. The summed E-state index contributed by atoms with van der Waals surface area (Å²) in [5.74, 6) is 0. The lowest BCUT2D eigenvalue weighted by atomic mass is 9.56. The monoisotopic (exact) mass is 957 g/mol. The van der Waals surface area contributed by atoms with Crippen molar-refractivity contribution in [2.75, 3.05) is 6.54 Å². The van der Waals surface area contributed by atoms with Crippen LogP contribution in [-0.2, 0) is 49.8 Å². The van der Waals surface area contributed by atoms with Crippen LogP contribution in [0.15, 0.2) is 29.8 Å². The van der Waals surface area contributed by atoms with Gasteiger partial charge in [0.25, 0.3) is 0 Å². The molecule has 2 spiro atoms. The van der Waals surface area contributed by atoms with Gasteiger partial charge in [0.2, 0.25) is 0 Å². The molecule has 1 saturated heterocycles.